The molecule has 0 bridgehead atoms. The molecule has 1 amide bonds. The van der Waals surface area contributed by atoms with Gasteiger partial charge in [0.1, 0.15) is 5.65 Å². The standard InChI is InChI=1S/C16H13N5O.CH3F.2H2/c1-10-4-13-14(18-8-17-13)5-12(10)11-2-3-16-20-15(19-9-22)7-21(16)6-11;1-2;;/h2-9H,1H3,(H,17,18)(H,19,22);1H3;2*1H. The van der Waals surface area contributed by atoms with Crippen LogP contribution < -0.4 is 5.32 Å². The summed E-state index contributed by atoms with van der Waals surface area (Å²) in [5.74, 6) is 0.534. The summed E-state index contributed by atoms with van der Waals surface area (Å²) >= 11 is 0. The summed E-state index contributed by atoms with van der Waals surface area (Å²) in [6.07, 6.45) is 6.11. The molecule has 0 atom stereocenters. The minimum atomic E-state index is 0. The van der Waals surface area contributed by atoms with Crippen LogP contribution in [0.15, 0.2) is 43.0 Å². The number of nitrogens with zero attached hydrogens (tertiary/aromatic N) is 3. The first-order chi connectivity index (χ1) is 11.7. The third-order valence-electron chi connectivity index (χ3n) is 3.74. The van der Waals surface area contributed by atoms with Crippen molar-refractivity contribution in [2.75, 3.05) is 12.5 Å². The van der Waals surface area contributed by atoms with Crippen LogP contribution in [0, 0.1) is 6.92 Å². The molecule has 24 heavy (non-hydrogen) atoms. The van der Waals surface area contributed by atoms with Crippen molar-refractivity contribution in [2.45, 2.75) is 6.92 Å². The quantitative estimate of drug-likeness (QED) is 0.561. The van der Waals surface area contributed by atoms with Crippen LogP contribution >= 0.6 is 0 Å². The van der Waals surface area contributed by atoms with E-state index < -0.39 is 0 Å². The average Bonchev–Trinajstić information content (AvgIpc) is 3.21. The molecule has 0 fully saturated rings. The van der Waals surface area contributed by atoms with E-state index in [-0.39, 0.29) is 2.85 Å². The molecule has 0 saturated heterocycles. The molecule has 1 aromatic carbocycles. The lowest BCUT2D eigenvalue weighted by atomic mass is 10.0. The smallest absolute Gasteiger partial charge is 0.212 e. The highest BCUT2D eigenvalue weighted by atomic mass is 19.1. The lowest BCUT2D eigenvalue weighted by molar-refractivity contribution is -0.105. The lowest BCUT2D eigenvalue weighted by Gasteiger charge is -2.07. The van der Waals surface area contributed by atoms with Crippen molar-refractivity contribution in [1.82, 2.24) is 19.4 Å². The van der Waals surface area contributed by atoms with Crippen molar-refractivity contribution in [3.63, 3.8) is 0 Å². The number of anilines is 1. The van der Waals surface area contributed by atoms with Crippen LogP contribution in [0.3, 0.4) is 0 Å². The van der Waals surface area contributed by atoms with E-state index in [1.165, 1.54) is 5.56 Å². The SMILES string of the molecule is CF.Cc1cc2[nH]cnc2cc1-c1ccc2nc(NC=O)cn2c1.[HH].[HH]. The maximum atomic E-state index is 10.5. The summed E-state index contributed by atoms with van der Waals surface area (Å²) in [4.78, 5) is 22.2. The third-order valence-corrected chi connectivity index (χ3v) is 3.74. The second-order valence-electron chi connectivity index (χ2n) is 5.16. The van der Waals surface area contributed by atoms with Crippen LogP contribution in [0.4, 0.5) is 10.2 Å². The fraction of sp³-hybridized carbons (Fsp3) is 0.118. The number of amides is 1. The second-order valence-corrected chi connectivity index (χ2v) is 5.16. The zero-order valence-corrected chi connectivity index (χ0v) is 13.2. The molecule has 2 N–H and O–H groups in total. The number of aromatic nitrogens is 4. The largest absolute Gasteiger partial charge is 0.345 e. The Labute approximate surface area is 140 Å². The van der Waals surface area contributed by atoms with Crippen LogP contribution in [0.1, 0.15) is 8.42 Å². The normalized spacial score (nSPS) is 10.5. The molecule has 0 saturated carbocycles. The molecule has 0 spiro atoms. The van der Waals surface area contributed by atoms with Gasteiger partial charge in [0.05, 0.1) is 30.7 Å². The summed E-state index contributed by atoms with van der Waals surface area (Å²) < 4.78 is 11.4. The first-order valence-corrected chi connectivity index (χ1v) is 7.25. The number of halogens is 1. The average molecular weight is 329 g/mol. The fourth-order valence-corrected chi connectivity index (χ4v) is 2.68. The second kappa shape index (κ2) is 6.49. The first kappa shape index (κ1) is 15.7. The van der Waals surface area contributed by atoms with E-state index in [0.29, 0.717) is 19.4 Å². The van der Waals surface area contributed by atoms with Gasteiger partial charge in [-0.15, -0.1) is 0 Å². The maximum absolute atomic E-state index is 10.5. The molecule has 0 aliphatic carbocycles. The number of benzene rings is 1. The summed E-state index contributed by atoms with van der Waals surface area (Å²) in [6.45, 7) is 2.08. The zero-order valence-electron chi connectivity index (χ0n) is 13.2. The molecule has 3 aromatic heterocycles. The van der Waals surface area contributed by atoms with Gasteiger partial charge in [-0.1, -0.05) is 0 Å². The molecule has 7 heteroatoms. The predicted molar refractivity (Wildman–Crippen MR) is 96.0 cm³/mol. The number of H-pyrrole nitrogens is 1. The number of aryl methyl sites for hydroxylation is 1. The van der Waals surface area contributed by atoms with E-state index in [1.54, 1.807) is 12.5 Å². The van der Waals surface area contributed by atoms with Gasteiger partial charge in [-0.3, -0.25) is 9.18 Å². The van der Waals surface area contributed by atoms with E-state index in [4.69, 9.17) is 0 Å². The molecule has 4 aromatic rings. The summed E-state index contributed by atoms with van der Waals surface area (Å²) in [7, 11) is 0.500. The first-order valence-electron chi connectivity index (χ1n) is 7.25. The number of aromatic amines is 1. The number of hydrogen-bond acceptors (Lipinski definition) is 3. The summed E-state index contributed by atoms with van der Waals surface area (Å²) in [5, 5.41) is 2.56. The van der Waals surface area contributed by atoms with E-state index in [0.717, 1.165) is 27.8 Å². The van der Waals surface area contributed by atoms with Crippen LogP contribution in [-0.2, 0) is 4.79 Å². The van der Waals surface area contributed by atoms with Crippen molar-refractivity contribution in [3.05, 3.63) is 48.5 Å². The summed E-state index contributed by atoms with van der Waals surface area (Å²) in [5.41, 5.74) is 6.12. The Balaban J connectivity index is 0.000000818. The number of hydrogen-bond donors (Lipinski definition) is 2. The van der Waals surface area contributed by atoms with Gasteiger partial charge in [0.25, 0.3) is 0 Å². The van der Waals surface area contributed by atoms with E-state index in [2.05, 4.69) is 39.3 Å². The highest BCUT2D eigenvalue weighted by Gasteiger charge is 2.08. The Bertz CT molecular complexity index is 1010. The van der Waals surface area contributed by atoms with Crippen molar-refractivity contribution < 1.29 is 12.0 Å². The molecular weight excluding hydrogens is 309 g/mol. The van der Waals surface area contributed by atoms with E-state index >= 15 is 0 Å². The Hall–Kier alpha value is -3.22. The summed E-state index contributed by atoms with van der Waals surface area (Å²) in [6, 6.07) is 8.12. The number of rotatable bonds is 3. The molecule has 126 valence electrons. The Morgan fingerprint density at radius 3 is 2.92 bits per heavy atom. The van der Waals surface area contributed by atoms with Crippen LogP contribution in [0.5, 0.6) is 0 Å². The molecule has 0 aliphatic heterocycles. The van der Waals surface area contributed by atoms with E-state index in [1.807, 2.05) is 22.7 Å². The molecule has 0 aliphatic rings. The van der Waals surface area contributed by atoms with Crippen LogP contribution in [-0.4, -0.2) is 32.9 Å². The van der Waals surface area contributed by atoms with Crippen LogP contribution in [0.2, 0.25) is 0 Å². The molecule has 6 nitrogen and oxygen atoms in total. The number of imidazole rings is 2. The van der Waals surface area contributed by atoms with Crippen LogP contribution in [0.25, 0.3) is 27.8 Å². The number of pyridine rings is 1. The van der Waals surface area contributed by atoms with Gasteiger partial charge in [0.15, 0.2) is 5.82 Å². The van der Waals surface area contributed by atoms with Crippen molar-refractivity contribution in [3.8, 4) is 11.1 Å². The maximum Gasteiger partial charge on any atom is 0.212 e. The predicted octanol–water partition coefficient (Wildman–Crippen LogP) is 3.83. The topological polar surface area (TPSA) is 75.1 Å². The van der Waals surface area contributed by atoms with Gasteiger partial charge in [0.2, 0.25) is 6.41 Å². The molecule has 0 radical (unpaired) electrons. The molecule has 3 heterocycles. The van der Waals surface area contributed by atoms with Gasteiger partial charge < -0.3 is 14.7 Å². The Morgan fingerprint density at radius 1 is 1.29 bits per heavy atom. The highest BCUT2D eigenvalue weighted by Crippen LogP contribution is 2.27. The molecule has 0 unspecified atom stereocenters. The Kier molecular flexibility index (Phi) is 4.24. The minimum absolute atomic E-state index is 0. The number of carbonyl (C=O) groups is 1. The van der Waals surface area contributed by atoms with E-state index in [9.17, 15) is 9.18 Å². The number of carbonyl (C=O) groups excluding carboxylic acids is 1. The number of alkyl halides is 1. The van der Waals surface area contributed by atoms with Gasteiger partial charge in [-0.05, 0) is 47.9 Å². The third kappa shape index (κ3) is 2.71. The monoisotopic (exact) mass is 329 g/mol. The van der Waals surface area contributed by atoms with Gasteiger partial charge in [-0.2, -0.15) is 0 Å². The lowest BCUT2D eigenvalue weighted by Crippen LogP contribution is -1.92. The fourth-order valence-electron chi connectivity index (χ4n) is 2.68. The highest BCUT2D eigenvalue weighted by molar-refractivity contribution is 5.84. The zero-order chi connectivity index (χ0) is 17.1. The molecular formula is C17H20FN5O. The van der Waals surface area contributed by atoms with Gasteiger partial charge in [0, 0.05) is 9.05 Å². The van der Waals surface area contributed by atoms with Crippen molar-refractivity contribution in [1.29, 1.82) is 0 Å². The number of nitrogens with one attached hydrogen (secondary N) is 2. The molecule has 4 rings (SSSR count). The minimum Gasteiger partial charge on any atom is -0.345 e. The van der Waals surface area contributed by atoms with Crippen molar-refractivity contribution in [2.24, 2.45) is 0 Å². The van der Waals surface area contributed by atoms with Crippen molar-refractivity contribution >= 4 is 28.9 Å². The number of fused-ring (bicyclic) bond motifs is 2. The Morgan fingerprint density at radius 2 is 2.12 bits per heavy atom. The van der Waals surface area contributed by atoms with Gasteiger partial charge in [-0.25, -0.2) is 9.97 Å². The van der Waals surface area contributed by atoms with Gasteiger partial charge >= 0.3 is 0 Å².